The van der Waals surface area contributed by atoms with Crippen LogP contribution in [0.3, 0.4) is 0 Å². The van der Waals surface area contributed by atoms with Gasteiger partial charge in [-0.25, -0.2) is 4.79 Å². The molecule has 4 nitrogen and oxygen atoms in total. The molecule has 1 fully saturated rings. The van der Waals surface area contributed by atoms with E-state index < -0.39 is 5.97 Å². The lowest BCUT2D eigenvalue weighted by Gasteiger charge is -2.23. The standard InChI is InChI=1S/C17H21NO3/c1-17(8-4-5-9-17)11-18-10-14-15(16(19)20)12-6-2-3-7-13(12)21-14/h2-3,6-7,18H,4-5,8-11H2,1H3,(H,19,20). The summed E-state index contributed by atoms with van der Waals surface area (Å²) in [4.78, 5) is 11.5. The fraction of sp³-hybridized carbons (Fsp3) is 0.471. The van der Waals surface area contributed by atoms with Gasteiger partial charge in [0, 0.05) is 11.9 Å². The van der Waals surface area contributed by atoms with Gasteiger partial charge >= 0.3 is 5.97 Å². The number of hydrogen-bond acceptors (Lipinski definition) is 3. The summed E-state index contributed by atoms with van der Waals surface area (Å²) < 4.78 is 5.71. The number of para-hydroxylation sites is 1. The van der Waals surface area contributed by atoms with Crippen LogP contribution in [0.4, 0.5) is 0 Å². The highest BCUT2D eigenvalue weighted by atomic mass is 16.4. The molecular formula is C17H21NO3. The van der Waals surface area contributed by atoms with Gasteiger partial charge in [-0.05, 0) is 24.3 Å². The molecule has 4 heteroatoms. The first-order chi connectivity index (χ1) is 10.1. The fourth-order valence-corrected chi connectivity index (χ4v) is 3.34. The van der Waals surface area contributed by atoms with Crippen molar-refractivity contribution in [3.63, 3.8) is 0 Å². The van der Waals surface area contributed by atoms with E-state index in [-0.39, 0.29) is 5.56 Å². The van der Waals surface area contributed by atoms with Crippen LogP contribution in [0.15, 0.2) is 28.7 Å². The van der Waals surface area contributed by atoms with Crippen molar-refractivity contribution in [2.45, 2.75) is 39.2 Å². The van der Waals surface area contributed by atoms with Gasteiger partial charge in [-0.2, -0.15) is 0 Å². The third-order valence-corrected chi connectivity index (χ3v) is 4.53. The fourth-order valence-electron chi connectivity index (χ4n) is 3.34. The predicted molar refractivity (Wildman–Crippen MR) is 81.5 cm³/mol. The quantitative estimate of drug-likeness (QED) is 0.878. The number of carbonyl (C=O) groups is 1. The van der Waals surface area contributed by atoms with Crippen LogP contribution in [-0.2, 0) is 6.54 Å². The maximum Gasteiger partial charge on any atom is 0.339 e. The maximum absolute atomic E-state index is 11.5. The van der Waals surface area contributed by atoms with Crippen LogP contribution in [0.25, 0.3) is 11.0 Å². The van der Waals surface area contributed by atoms with Gasteiger partial charge in [0.15, 0.2) is 0 Å². The van der Waals surface area contributed by atoms with E-state index in [1.165, 1.54) is 25.7 Å². The molecule has 0 spiro atoms. The first-order valence-corrected chi connectivity index (χ1v) is 7.53. The number of hydrogen-bond donors (Lipinski definition) is 2. The average molecular weight is 287 g/mol. The summed E-state index contributed by atoms with van der Waals surface area (Å²) in [6.45, 7) is 3.67. The van der Waals surface area contributed by atoms with E-state index in [1.807, 2.05) is 18.2 Å². The minimum Gasteiger partial charge on any atom is -0.478 e. The highest BCUT2D eigenvalue weighted by Crippen LogP contribution is 2.36. The Morgan fingerprint density at radius 1 is 1.33 bits per heavy atom. The molecular weight excluding hydrogens is 266 g/mol. The lowest BCUT2D eigenvalue weighted by Crippen LogP contribution is -2.29. The number of rotatable bonds is 5. The lowest BCUT2D eigenvalue weighted by atomic mass is 9.89. The predicted octanol–water partition coefficient (Wildman–Crippen LogP) is 3.80. The van der Waals surface area contributed by atoms with E-state index in [0.29, 0.717) is 28.7 Å². The van der Waals surface area contributed by atoms with E-state index in [9.17, 15) is 9.90 Å². The number of benzene rings is 1. The summed E-state index contributed by atoms with van der Waals surface area (Å²) >= 11 is 0. The largest absolute Gasteiger partial charge is 0.478 e. The van der Waals surface area contributed by atoms with Crippen molar-refractivity contribution in [3.05, 3.63) is 35.6 Å². The first-order valence-electron chi connectivity index (χ1n) is 7.53. The SMILES string of the molecule is CC1(CNCc2oc3ccccc3c2C(=O)O)CCCC1. The smallest absolute Gasteiger partial charge is 0.339 e. The number of aromatic carboxylic acids is 1. The van der Waals surface area contributed by atoms with E-state index in [2.05, 4.69) is 12.2 Å². The van der Waals surface area contributed by atoms with Crippen molar-refractivity contribution in [2.24, 2.45) is 5.41 Å². The van der Waals surface area contributed by atoms with Crippen molar-refractivity contribution < 1.29 is 14.3 Å². The summed E-state index contributed by atoms with van der Waals surface area (Å²) in [5, 5.41) is 13.5. The van der Waals surface area contributed by atoms with Gasteiger partial charge in [0.1, 0.15) is 16.9 Å². The highest BCUT2D eigenvalue weighted by molar-refractivity contribution is 6.03. The third-order valence-electron chi connectivity index (χ3n) is 4.53. The number of carboxylic acids is 1. The van der Waals surface area contributed by atoms with Crippen molar-refractivity contribution >= 4 is 16.9 Å². The third kappa shape index (κ3) is 2.81. The molecule has 0 radical (unpaired) electrons. The molecule has 1 aromatic carbocycles. The Morgan fingerprint density at radius 2 is 2.05 bits per heavy atom. The number of carboxylic acid groups (broad SMARTS) is 1. The van der Waals surface area contributed by atoms with Gasteiger partial charge in [-0.15, -0.1) is 0 Å². The summed E-state index contributed by atoms with van der Waals surface area (Å²) in [5.74, 6) is -0.408. The zero-order valence-electron chi connectivity index (χ0n) is 12.3. The van der Waals surface area contributed by atoms with Crippen molar-refractivity contribution in [3.8, 4) is 0 Å². The van der Waals surface area contributed by atoms with Gasteiger partial charge in [-0.1, -0.05) is 38.0 Å². The minimum atomic E-state index is -0.927. The van der Waals surface area contributed by atoms with Crippen LogP contribution in [-0.4, -0.2) is 17.6 Å². The molecule has 0 atom stereocenters. The molecule has 1 aliphatic carbocycles. The number of fused-ring (bicyclic) bond motifs is 1. The van der Waals surface area contributed by atoms with Crippen LogP contribution >= 0.6 is 0 Å². The van der Waals surface area contributed by atoms with E-state index in [0.717, 1.165) is 6.54 Å². The molecule has 2 aromatic rings. The molecule has 2 N–H and O–H groups in total. The Bertz CT molecular complexity index is 653. The first kappa shape index (κ1) is 14.1. The summed E-state index contributed by atoms with van der Waals surface area (Å²) in [7, 11) is 0. The molecule has 1 heterocycles. The molecule has 0 unspecified atom stereocenters. The second kappa shape index (κ2) is 5.53. The Balaban J connectivity index is 1.77. The van der Waals surface area contributed by atoms with E-state index in [1.54, 1.807) is 6.07 Å². The van der Waals surface area contributed by atoms with E-state index in [4.69, 9.17) is 4.42 Å². The van der Waals surface area contributed by atoms with Crippen LogP contribution in [0.2, 0.25) is 0 Å². The molecule has 1 saturated carbocycles. The van der Waals surface area contributed by atoms with Crippen LogP contribution < -0.4 is 5.32 Å². The maximum atomic E-state index is 11.5. The van der Waals surface area contributed by atoms with Crippen LogP contribution in [0, 0.1) is 5.41 Å². The molecule has 21 heavy (non-hydrogen) atoms. The minimum absolute atomic E-state index is 0.287. The van der Waals surface area contributed by atoms with E-state index >= 15 is 0 Å². The molecule has 3 rings (SSSR count). The number of furan rings is 1. The molecule has 112 valence electrons. The van der Waals surface area contributed by atoms with Crippen molar-refractivity contribution in [1.82, 2.24) is 5.32 Å². The molecule has 1 aromatic heterocycles. The van der Waals surface area contributed by atoms with Crippen molar-refractivity contribution in [1.29, 1.82) is 0 Å². The molecule has 0 aliphatic heterocycles. The number of nitrogens with one attached hydrogen (secondary N) is 1. The monoisotopic (exact) mass is 287 g/mol. The second-order valence-corrected chi connectivity index (χ2v) is 6.32. The molecule has 0 amide bonds. The van der Waals surface area contributed by atoms with Crippen LogP contribution in [0.5, 0.6) is 0 Å². The molecule has 0 saturated heterocycles. The Kier molecular flexibility index (Phi) is 3.72. The van der Waals surface area contributed by atoms with Crippen LogP contribution in [0.1, 0.15) is 48.7 Å². The summed E-state index contributed by atoms with van der Waals surface area (Å²) in [5.41, 5.74) is 1.27. The Morgan fingerprint density at radius 3 is 2.76 bits per heavy atom. The van der Waals surface area contributed by atoms with Gasteiger partial charge in [-0.3, -0.25) is 0 Å². The van der Waals surface area contributed by atoms with Gasteiger partial charge in [0.25, 0.3) is 0 Å². The molecule has 1 aliphatic rings. The zero-order valence-corrected chi connectivity index (χ0v) is 12.3. The Labute approximate surface area is 124 Å². The van der Waals surface area contributed by atoms with Gasteiger partial charge in [0.2, 0.25) is 0 Å². The zero-order chi connectivity index (χ0) is 14.9. The van der Waals surface area contributed by atoms with Gasteiger partial charge in [0.05, 0.1) is 6.54 Å². The Hall–Kier alpha value is -1.81. The summed E-state index contributed by atoms with van der Waals surface area (Å²) in [6.07, 6.45) is 5.07. The second-order valence-electron chi connectivity index (χ2n) is 6.32. The van der Waals surface area contributed by atoms with Crippen molar-refractivity contribution in [2.75, 3.05) is 6.54 Å². The average Bonchev–Trinajstić information content (AvgIpc) is 3.02. The van der Waals surface area contributed by atoms with Gasteiger partial charge < -0.3 is 14.8 Å². The topological polar surface area (TPSA) is 62.5 Å². The molecule has 0 bridgehead atoms. The summed E-state index contributed by atoms with van der Waals surface area (Å²) in [6, 6.07) is 7.29. The lowest BCUT2D eigenvalue weighted by molar-refractivity contribution is 0.0696. The normalized spacial score (nSPS) is 17.4. The highest BCUT2D eigenvalue weighted by Gasteiger charge is 2.28.